The zero-order chi connectivity index (χ0) is 20.1. The second-order valence-electron chi connectivity index (χ2n) is 6.72. The average molecular weight is 384 g/mol. The van der Waals surface area contributed by atoms with Crippen molar-refractivity contribution in [3.63, 3.8) is 0 Å². The number of aromatic nitrogens is 1. The molecule has 0 radical (unpaired) electrons. The van der Waals surface area contributed by atoms with Crippen molar-refractivity contribution >= 4 is 23.2 Å². The van der Waals surface area contributed by atoms with Crippen LogP contribution in [0.1, 0.15) is 10.4 Å². The highest BCUT2D eigenvalue weighted by Crippen LogP contribution is 2.19. The van der Waals surface area contributed by atoms with Gasteiger partial charge in [-0.25, -0.2) is 0 Å². The molecule has 1 fully saturated rings. The van der Waals surface area contributed by atoms with E-state index in [9.17, 15) is 14.4 Å². The standard InChI is InChI=1S/C20H24N4O4/c1-22-8-7-15(13-19(22)26)20(27)23(2)14-18(25)21-16-3-5-17(6-4-16)24-9-11-28-12-10-24/h3-8,13H,9-12,14H2,1-2H3,(H,21,25). The van der Waals surface area contributed by atoms with E-state index < -0.39 is 0 Å². The smallest absolute Gasteiger partial charge is 0.254 e. The lowest BCUT2D eigenvalue weighted by Crippen LogP contribution is -2.36. The molecule has 3 rings (SSSR count). The third-order valence-corrected chi connectivity index (χ3v) is 4.61. The van der Waals surface area contributed by atoms with Crippen LogP contribution in [0.3, 0.4) is 0 Å². The third-order valence-electron chi connectivity index (χ3n) is 4.61. The van der Waals surface area contributed by atoms with Crippen LogP contribution in [0.5, 0.6) is 0 Å². The molecule has 1 aromatic carbocycles. The van der Waals surface area contributed by atoms with Crippen LogP contribution < -0.4 is 15.8 Å². The summed E-state index contributed by atoms with van der Waals surface area (Å²) in [4.78, 5) is 39.9. The molecule has 1 aliphatic heterocycles. The van der Waals surface area contributed by atoms with E-state index in [-0.39, 0.29) is 29.5 Å². The van der Waals surface area contributed by atoms with Gasteiger partial charge in [-0.05, 0) is 30.3 Å². The van der Waals surface area contributed by atoms with Gasteiger partial charge in [0.25, 0.3) is 11.5 Å². The fraction of sp³-hybridized carbons (Fsp3) is 0.350. The topological polar surface area (TPSA) is 83.9 Å². The normalized spacial score (nSPS) is 13.9. The van der Waals surface area contributed by atoms with Gasteiger partial charge in [0.15, 0.2) is 0 Å². The van der Waals surface area contributed by atoms with Gasteiger partial charge in [0.2, 0.25) is 5.91 Å². The average Bonchev–Trinajstić information content (AvgIpc) is 2.70. The Balaban J connectivity index is 1.56. The first kappa shape index (κ1) is 19.6. The monoisotopic (exact) mass is 384 g/mol. The molecule has 1 aromatic heterocycles. The largest absolute Gasteiger partial charge is 0.378 e. The van der Waals surface area contributed by atoms with Gasteiger partial charge >= 0.3 is 0 Å². The molecule has 1 N–H and O–H groups in total. The Kier molecular flexibility index (Phi) is 6.10. The van der Waals surface area contributed by atoms with Gasteiger partial charge in [-0.3, -0.25) is 14.4 Å². The molecule has 0 saturated carbocycles. The number of anilines is 2. The predicted molar refractivity (Wildman–Crippen MR) is 107 cm³/mol. The molecule has 0 unspecified atom stereocenters. The Morgan fingerprint density at radius 2 is 1.82 bits per heavy atom. The molecule has 1 saturated heterocycles. The Bertz CT molecular complexity index is 901. The zero-order valence-corrected chi connectivity index (χ0v) is 16.1. The maximum Gasteiger partial charge on any atom is 0.254 e. The summed E-state index contributed by atoms with van der Waals surface area (Å²) in [6, 6.07) is 10.4. The predicted octanol–water partition coefficient (Wildman–Crippen LogP) is 0.933. The Morgan fingerprint density at radius 1 is 1.14 bits per heavy atom. The molecule has 148 valence electrons. The first-order chi connectivity index (χ1) is 13.4. The van der Waals surface area contributed by atoms with Crippen LogP contribution in [0, 0.1) is 0 Å². The number of morpholine rings is 1. The summed E-state index contributed by atoms with van der Waals surface area (Å²) in [5, 5.41) is 2.79. The summed E-state index contributed by atoms with van der Waals surface area (Å²) in [5.74, 6) is -0.686. The highest BCUT2D eigenvalue weighted by atomic mass is 16.5. The van der Waals surface area contributed by atoms with E-state index in [0.717, 1.165) is 18.8 Å². The van der Waals surface area contributed by atoms with Gasteiger partial charge in [0.05, 0.1) is 19.8 Å². The van der Waals surface area contributed by atoms with Crippen LogP contribution >= 0.6 is 0 Å². The summed E-state index contributed by atoms with van der Waals surface area (Å²) in [6.45, 7) is 3.01. The van der Waals surface area contributed by atoms with Crippen LogP contribution in [-0.2, 0) is 16.6 Å². The van der Waals surface area contributed by atoms with Gasteiger partial charge in [-0.15, -0.1) is 0 Å². The highest BCUT2D eigenvalue weighted by Gasteiger charge is 2.16. The molecule has 28 heavy (non-hydrogen) atoms. The molecule has 0 atom stereocenters. The molecule has 0 spiro atoms. The molecule has 8 heteroatoms. The van der Waals surface area contributed by atoms with E-state index in [2.05, 4.69) is 10.2 Å². The van der Waals surface area contributed by atoms with Crippen LogP contribution in [0.2, 0.25) is 0 Å². The second kappa shape index (κ2) is 8.71. The molecule has 2 aromatic rings. The number of likely N-dealkylation sites (N-methyl/N-ethyl adjacent to an activating group) is 1. The quantitative estimate of drug-likeness (QED) is 0.829. The van der Waals surface area contributed by atoms with Crippen LogP contribution in [0.4, 0.5) is 11.4 Å². The van der Waals surface area contributed by atoms with Crippen LogP contribution in [0.15, 0.2) is 47.4 Å². The molecule has 1 aliphatic rings. The van der Waals surface area contributed by atoms with Crippen molar-refractivity contribution in [3.05, 3.63) is 58.5 Å². The van der Waals surface area contributed by atoms with Crippen molar-refractivity contribution in [2.45, 2.75) is 0 Å². The number of nitrogens with zero attached hydrogens (tertiary/aromatic N) is 3. The van der Waals surface area contributed by atoms with Crippen LogP contribution in [-0.4, -0.2) is 61.2 Å². The fourth-order valence-corrected chi connectivity index (χ4v) is 2.97. The van der Waals surface area contributed by atoms with Crippen LogP contribution in [0.25, 0.3) is 0 Å². The van der Waals surface area contributed by atoms with Crippen molar-refractivity contribution in [2.75, 3.05) is 50.1 Å². The van der Waals surface area contributed by atoms with Crippen molar-refractivity contribution in [1.29, 1.82) is 0 Å². The molecular formula is C20H24N4O4. The van der Waals surface area contributed by atoms with E-state index in [1.54, 1.807) is 13.1 Å². The first-order valence-electron chi connectivity index (χ1n) is 9.09. The lowest BCUT2D eigenvalue weighted by atomic mass is 10.2. The lowest BCUT2D eigenvalue weighted by Gasteiger charge is -2.28. The number of pyridine rings is 1. The summed E-state index contributed by atoms with van der Waals surface area (Å²) in [5.41, 5.74) is 1.73. The van der Waals surface area contributed by atoms with Gasteiger partial charge in [-0.1, -0.05) is 0 Å². The highest BCUT2D eigenvalue weighted by molar-refractivity contribution is 5.99. The van der Waals surface area contributed by atoms with E-state index in [0.29, 0.717) is 18.9 Å². The number of ether oxygens (including phenoxy) is 1. The molecule has 0 aliphatic carbocycles. The lowest BCUT2D eigenvalue weighted by molar-refractivity contribution is -0.116. The Hall–Kier alpha value is -3.13. The van der Waals surface area contributed by atoms with Crippen molar-refractivity contribution in [2.24, 2.45) is 7.05 Å². The number of carbonyl (C=O) groups excluding carboxylic acids is 2. The minimum absolute atomic E-state index is 0.112. The van der Waals surface area contributed by atoms with Gasteiger partial charge < -0.3 is 24.4 Å². The number of nitrogens with one attached hydrogen (secondary N) is 1. The maximum atomic E-state index is 12.4. The van der Waals surface area contributed by atoms with Crippen molar-refractivity contribution < 1.29 is 14.3 Å². The maximum absolute atomic E-state index is 12.4. The fourth-order valence-electron chi connectivity index (χ4n) is 2.97. The van der Waals surface area contributed by atoms with Gasteiger partial charge in [0.1, 0.15) is 0 Å². The summed E-state index contributed by atoms with van der Waals surface area (Å²) in [6.07, 6.45) is 1.53. The minimum Gasteiger partial charge on any atom is -0.378 e. The number of amides is 2. The zero-order valence-electron chi connectivity index (χ0n) is 16.1. The number of carbonyl (C=O) groups is 2. The number of aryl methyl sites for hydroxylation is 1. The van der Waals surface area contributed by atoms with E-state index in [1.165, 1.54) is 28.8 Å². The third kappa shape index (κ3) is 4.77. The van der Waals surface area contributed by atoms with Gasteiger partial charge in [-0.2, -0.15) is 0 Å². The summed E-state index contributed by atoms with van der Waals surface area (Å²) in [7, 11) is 3.14. The molecule has 0 bridgehead atoms. The Morgan fingerprint density at radius 3 is 2.46 bits per heavy atom. The number of hydrogen-bond acceptors (Lipinski definition) is 5. The number of hydrogen-bond donors (Lipinski definition) is 1. The molecule has 8 nitrogen and oxygen atoms in total. The molecule has 2 heterocycles. The van der Waals surface area contributed by atoms with E-state index >= 15 is 0 Å². The second-order valence-corrected chi connectivity index (χ2v) is 6.72. The Labute approximate surface area is 163 Å². The number of rotatable bonds is 5. The minimum atomic E-state index is -0.379. The SMILES string of the molecule is CN(CC(=O)Nc1ccc(N2CCOCC2)cc1)C(=O)c1ccn(C)c(=O)c1. The number of benzene rings is 1. The van der Waals surface area contributed by atoms with E-state index in [4.69, 9.17) is 4.74 Å². The first-order valence-corrected chi connectivity index (χ1v) is 9.09. The van der Waals surface area contributed by atoms with Crippen molar-refractivity contribution in [3.8, 4) is 0 Å². The summed E-state index contributed by atoms with van der Waals surface area (Å²) >= 11 is 0. The van der Waals surface area contributed by atoms with Crippen molar-refractivity contribution in [1.82, 2.24) is 9.47 Å². The van der Waals surface area contributed by atoms with E-state index in [1.807, 2.05) is 24.3 Å². The summed E-state index contributed by atoms with van der Waals surface area (Å²) < 4.78 is 6.73. The molecule has 2 amide bonds. The van der Waals surface area contributed by atoms with Gasteiger partial charge in [0, 0.05) is 56.4 Å². The molecular weight excluding hydrogens is 360 g/mol.